The van der Waals surface area contributed by atoms with Gasteiger partial charge < -0.3 is 4.74 Å². The van der Waals surface area contributed by atoms with Crippen LogP contribution in [0.1, 0.15) is 0 Å². The molecule has 2 aromatic rings. The topological polar surface area (TPSA) is 57.0 Å². The van der Waals surface area contributed by atoms with Gasteiger partial charge in [0, 0.05) is 0 Å². The number of para-hydroxylation sites is 1. The van der Waals surface area contributed by atoms with Gasteiger partial charge in [0.15, 0.2) is 0 Å². The first-order valence-electron chi connectivity index (χ1n) is 4.37. The van der Waals surface area contributed by atoms with Crippen LogP contribution >= 0.6 is 0 Å². The Kier molecular flexibility index (Phi) is 2.45. The zero-order chi connectivity index (χ0) is 10.7. The minimum absolute atomic E-state index is 0.175. The van der Waals surface area contributed by atoms with Crippen LogP contribution in [0.4, 0.5) is 0 Å². The summed E-state index contributed by atoms with van der Waals surface area (Å²) in [6.07, 6.45) is 1.29. The van der Waals surface area contributed by atoms with Gasteiger partial charge in [0.2, 0.25) is 5.75 Å². The Labute approximate surface area is 85.9 Å². The zero-order valence-electron chi connectivity index (χ0n) is 8.12. The van der Waals surface area contributed by atoms with Crippen molar-refractivity contribution in [3.05, 3.63) is 46.9 Å². The van der Waals surface area contributed by atoms with Crippen molar-refractivity contribution >= 4 is 0 Å². The fourth-order valence-corrected chi connectivity index (χ4v) is 1.21. The summed E-state index contributed by atoms with van der Waals surface area (Å²) in [5, 5.41) is 7.41. The third-order valence-electron chi connectivity index (χ3n) is 1.94. The molecule has 0 saturated heterocycles. The fourth-order valence-electron chi connectivity index (χ4n) is 1.21. The van der Waals surface area contributed by atoms with Crippen LogP contribution < -0.4 is 10.3 Å². The van der Waals surface area contributed by atoms with Gasteiger partial charge >= 0.3 is 5.56 Å². The maximum atomic E-state index is 11.7. The van der Waals surface area contributed by atoms with Crippen LogP contribution in [0.3, 0.4) is 0 Å². The molecule has 0 unspecified atom stereocenters. The van der Waals surface area contributed by atoms with E-state index in [0.29, 0.717) is 5.69 Å². The van der Waals surface area contributed by atoms with Crippen LogP contribution in [0, 0.1) is 0 Å². The second-order valence-electron chi connectivity index (χ2n) is 2.85. The number of hydrogen-bond donors (Lipinski definition) is 0. The van der Waals surface area contributed by atoms with E-state index in [1.807, 2.05) is 18.2 Å². The van der Waals surface area contributed by atoms with Crippen molar-refractivity contribution in [2.24, 2.45) is 0 Å². The Bertz CT molecular complexity index is 508. The highest BCUT2D eigenvalue weighted by Crippen LogP contribution is 2.03. The molecule has 2 rings (SSSR count). The molecular weight excluding hydrogens is 194 g/mol. The molecule has 0 aliphatic heterocycles. The predicted molar refractivity (Wildman–Crippen MR) is 54.2 cm³/mol. The van der Waals surface area contributed by atoms with Crippen LogP contribution in [0.2, 0.25) is 0 Å². The van der Waals surface area contributed by atoms with Crippen molar-refractivity contribution in [1.82, 2.24) is 15.0 Å². The Morgan fingerprint density at radius 1 is 1.27 bits per heavy atom. The monoisotopic (exact) mass is 203 g/mol. The summed E-state index contributed by atoms with van der Waals surface area (Å²) in [4.78, 5) is 11.7. The molecule has 1 aromatic heterocycles. The van der Waals surface area contributed by atoms with Crippen molar-refractivity contribution in [2.75, 3.05) is 7.11 Å². The summed E-state index contributed by atoms with van der Waals surface area (Å²) in [6, 6.07) is 9.05. The quantitative estimate of drug-likeness (QED) is 0.718. The molecule has 0 spiro atoms. The minimum atomic E-state index is -0.321. The standard InChI is InChI=1S/C10H9N3O2/c1-15-9-7-11-12-13(10(9)14)8-5-3-2-4-6-8/h2-7H,1H3. The molecule has 5 heteroatoms. The molecule has 0 bridgehead atoms. The summed E-state index contributed by atoms with van der Waals surface area (Å²) < 4.78 is 6.06. The van der Waals surface area contributed by atoms with Crippen molar-refractivity contribution in [3.63, 3.8) is 0 Å². The van der Waals surface area contributed by atoms with Gasteiger partial charge in [0.05, 0.1) is 19.0 Å². The molecule has 0 aliphatic rings. The Balaban J connectivity index is 2.60. The van der Waals surface area contributed by atoms with E-state index >= 15 is 0 Å². The largest absolute Gasteiger partial charge is 0.490 e. The average Bonchev–Trinajstić information content (AvgIpc) is 2.30. The molecule has 0 fully saturated rings. The second-order valence-corrected chi connectivity index (χ2v) is 2.85. The lowest BCUT2D eigenvalue weighted by Crippen LogP contribution is -2.23. The minimum Gasteiger partial charge on any atom is -0.490 e. The van der Waals surface area contributed by atoms with E-state index in [1.165, 1.54) is 18.0 Å². The van der Waals surface area contributed by atoms with E-state index in [9.17, 15) is 4.79 Å². The Morgan fingerprint density at radius 3 is 2.67 bits per heavy atom. The number of hydrogen-bond acceptors (Lipinski definition) is 4. The molecule has 76 valence electrons. The summed E-state index contributed by atoms with van der Waals surface area (Å²) in [6.45, 7) is 0. The highest BCUT2D eigenvalue weighted by atomic mass is 16.5. The van der Waals surface area contributed by atoms with Crippen LogP contribution in [0.15, 0.2) is 41.3 Å². The normalized spacial score (nSPS) is 9.93. The first-order valence-corrected chi connectivity index (χ1v) is 4.37. The molecule has 0 atom stereocenters. The van der Waals surface area contributed by atoms with Gasteiger partial charge in [-0.15, -0.1) is 5.10 Å². The summed E-state index contributed by atoms with van der Waals surface area (Å²) in [5.41, 5.74) is 0.340. The zero-order valence-corrected chi connectivity index (χ0v) is 8.12. The smallest absolute Gasteiger partial charge is 0.316 e. The lowest BCUT2D eigenvalue weighted by atomic mass is 10.3. The van der Waals surface area contributed by atoms with Gasteiger partial charge in [0.1, 0.15) is 0 Å². The van der Waals surface area contributed by atoms with Gasteiger partial charge in [-0.25, -0.2) is 0 Å². The van der Waals surface area contributed by atoms with E-state index < -0.39 is 0 Å². The molecule has 0 radical (unpaired) electrons. The summed E-state index contributed by atoms with van der Waals surface area (Å²) >= 11 is 0. The highest BCUT2D eigenvalue weighted by molar-refractivity contribution is 5.30. The van der Waals surface area contributed by atoms with Crippen LogP contribution in [0.25, 0.3) is 5.69 Å². The van der Waals surface area contributed by atoms with E-state index in [4.69, 9.17) is 4.74 Å². The van der Waals surface area contributed by atoms with E-state index in [1.54, 1.807) is 12.1 Å². The van der Waals surface area contributed by atoms with E-state index in [-0.39, 0.29) is 11.3 Å². The molecule has 1 aromatic carbocycles. The van der Waals surface area contributed by atoms with Crippen LogP contribution in [-0.4, -0.2) is 22.1 Å². The molecule has 0 aliphatic carbocycles. The molecule has 0 amide bonds. The number of benzene rings is 1. The maximum Gasteiger partial charge on any atom is 0.316 e. The molecule has 0 N–H and O–H groups in total. The third-order valence-corrected chi connectivity index (χ3v) is 1.94. The third kappa shape index (κ3) is 1.71. The molecule has 15 heavy (non-hydrogen) atoms. The Morgan fingerprint density at radius 2 is 2.00 bits per heavy atom. The van der Waals surface area contributed by atoms with Gasteiger partial charge in [-0.05, 0) is 12.1 Å². The van der Waals surface area contributed by atoms with Crippen molar-refractivity contribution in [3.8, 4) is 11.4 Å². The van der Waals surface area contributed by atoms with Gasteiger partial charge in [-0.1, -0.05) is 23.4 Å². The van der Waals surface area contributed by atoms with Crippen molar-refractivity contribution in [1.29, 1.82) is 0 Å². The number of nitrogens with zero attached hydrogens (tertiary/aromatic N) is 3. The molecular formula is C10H9N3O2. The van der Waals surface area contributed by atoms with Crippen LogP contribution in [0.5, 0.6) is 5.75 Å². The molecule has 1 heterocycles. The number of ether oxygens (including phenoxy) is 1. The number of rotatable bonds is 2. The SMILES string of the molecule is COc1cnnn(-c2ccccc2)c1=O. The average molecular weight is 203 g/mol. The van der Waals surface area contributed by atoms with Gasteiger partial charge in [0.25, 0.3) is 0 Å². The van der Waals surface area contributed by atoms with Crippen molar-refractivity contribution in [2.45, 2.75) is 0 Å². The molecule has 0 saturated carbocycles. The second kappa shape index (κ2) is 3.91. The first kappa shape index (κ1) is 9.39. The lowest BCUT2D eigenvalue weighted by Gasteiger charge is -2.03. The van der Waals surface area contributed by atoms with Crippen molar-refractivity contribution < 1.29 is 4.74 Å². The highest BCUT2D eigenvalue weighted by Gasteiger charge is 2.06. The summed E-state index contributed by atoms with van der Waals surface area (Å²) in [5.74, 6) is 0.175. The fraction of sp³-hybridized carbons (Fsp3) is 0.100. The maximum absolute atomic E-state index is 11.7. The van der Waals surface area contributed by atoms with Gasteiger partial charge in [-0.3, -0.25) is 4.79 Å². The van der Waals surface area contributed by atoms with Crippen LogP contribution in [-0.2, 0) is 0 Å². The number of methoxy groups -OCH3 is 1. The summed E-state index contributed by atoms with van der Waals surface area (Å²) in [7, 11) is 1.42. The van der Waals surface area contributed by atoms with Gasteiger partial charge in [-0.2, -0.15) is 4.68 Å². The molecule has 5 nitrogen and oxygen atoms in total. The van der Waals surface area contributed by atoms with E-state index in [0.717, 1.165) is 0 Å². The lowest BCUT2D eigenvalue weighted by molar-refractivity contribution is 0.398. The first-order chi connectivity index (χ1) is 7.33. The Hall–Kier alpha value is -2.17. The van der Waals surface area contributed by atoms with E-state index in [2.05, 4.69) is 10.3 Å². The predicted octanol–water partition coefficient (Wildman–Crippen LogP) is 0.636. The number of aromatic nitrogens is 3.